The second-order valence-corrected chi connectivity index (χ2v) is 5.65. The number of rotatable bonds is 6. The molecule has 8 nitrogen and oxygen atoms in total. The molecule has 1 unspecified atom stereocenters. The van der Waals surface area contributed by atoms with Gasteiger partial charge in [0, 0.05) is 14.2 Å². The summed E-state index contributed by atoms with van der Waals surface area (Å²) in [6, 6.07) is -0.716. The van der Waals surface area contributed by atoms with E-state index in [1.54, 1.807) is 0 Å². The van der Waals surface area contributed by atoms with Gasteiger partial charge in [0.2, 0.25) is 5.03 Å². The van der Waals surface area contributed by atoms with Gasteiger partial charge in [-0.15, -0.1) is 5.10 Å². The van der Waals surface area contributed by atoms with Crippen LogP contribution in [0, 0.1) is 0 Å². The molecule has 2 N–H and O–H groups in total. The van der Waals surface area contributed by atoms with Gasteiger partial charge in [-0.2, -0.15) is 0 Å². The standard InChI is InChI=1S/C7H13BrN4O4S/c1-12-7(6(8)9-11-12)17(14,15)10-5(3-13)4-16-2/h5,10,13H,3-4H2,1-2H3. The van der Waals surface area contributed by atoms with Crippen molar-refractivity contribution in [1.82, 2.24) is 19.7 Å². The monoisotopic (exact) mass is 328 g/mol. The van der Waals surface area contributed by atoms with Crippen LogP contribution in [-0.4, -0.2) is 54.9 Å². The summed E-state index contributed by atoms with van der Waals surface area (Å²) in [5, 5.41) is 16.0. The number of nitrogens with zero attached hydrogens (tertiary/aromatic N) is 3. The Kier molecular flexibility index (Phi) is 5.01. The third kappa shape index (κ3) is 3.45. The molecule has 1 rings (SSSR count). The highest BCUT2D eigenvalue weighted by molar-refractivity contribution is 9.10. The van der Waals surface area contributed by atoms with E-state index in [1.807, 2.05) is 0 Å². The lowest BCUT2D eigenvalue weighted by molar-refractivity contribution is 0.139. The van der Waals surface area contributed by atoms with Gasteiger partial charge in [-0.1, -0.05) is 5.21 Å². The van der Waals surface area contributed by atoms with Gasteiger partial charge in [0.05, 0.1) is 19.3 Å². The van der Waals surface area contributed by atoms with Gasteiger partial charge in [0.25, 0.3) is 10.0 Å². The molecule has 10 heteroatoms. The second kappa shape index (κ2) is 5.87. The number of aryl methyl sites for hydroxylation is 1. The van der Waals surface area contributed by atoms with Crippen molar-refractivity contribution in [3.63, 3.8) is 0 Å². The van der Waals surface area contributed by atoms with Crippen LogP contribution >= 0.6 is 15.9 Å². The van der Waals surface area contributed by atoms with Crippen LogP contribution in [0.15, 0.2) is 9.63 Å². The molecule has 0 amide bonds. The van der Waals surface area contributed by atoms with Crippen molar-refractivity contribution in [3.8, 4) is 0 Å². The number of hydrogen-bond donors (Lipinski definition) is 2. The molecule has 0 aliphatic heterocycles. The number of aliphatic hydroxyl groups excluding tert-OH is 1. The van der Waals surface area contributed by atoms with Crippen LogP contribution in [0.25, 0.3) is 0 Å². The van der Waals surface area contributed by atoms with Gasteiger partial charge >= 0.3 is 0 Å². The van der Waals surface area contributed by atoms with Gasteiger partial charge in [-0.05, 0) is 15.9 Å². The molecule has 0 aromatic carbocycles. The molecule has 1 heterocycles. The van der Waals surface area contributed by atoms with E-state index in [2.05, 4.69) is 31.0 Å². The Morgan fingerprint density at radius 2 is 2.29 bits per heavy atom. The van der Waals surface area contributed by atoms with E-state index >= 15 is 0 Å². The van der Waals surface area contributed by atoms with Gasteiger partial charge in [0.15, 0.2) is 4.60 Å². The minimum atomic E-state index is -3.81. The average Bonchev–Trinajstić information content (AvgIpc) is 2.58. The molecule has 0 radical (unpaired) electrons. The van der Waals surface area contributed by atoms with Crippen molar-refractivity contribution in [3.05, 3.63) is 4.60 Å². The van der Waals surface area contributed by atoms with Gasteiger partial charge in [-0.25, -0.2) is 17.8 Å². The lowest BCUT2D eigenvalue weighted by atomic mass is 10.4. The summed E-state index contributed by atoms with van der Waals surface area (Å²) in [5.41, 5.74) is 0. The average molecular weight is 329 g/mol. The highest BCUT2D eigenvalue weighted by Gasteiger charge is 2.26. The van der Waals surface area contributed by atoms with Crippen molar-refractivity contribution >= 4 is 26.0 Å². The zero-order valence-electron chi connectivity index (χ0n) is 9.29. The third-order valence-electron chi connectivity index (χ3n) is 1.90. The first-order valence-corrected chi connectivity index (χ1v) is 6.87. The lowest BCUT2D eigenvalue weighted by Crippen LogP contribution is -2.41. The van der Waals surface area contributed by atoms with Gasteiger partial charge in [-0.3, -0.25) is 0 Å². The molecule has 0 bridgehead atoms. The number of nitrogens with one attached hydrogen (secondary N) is 1. The van der Waals surface area contributed by atoms with Gasteiger partial charge in [0.1, 0.15) is 0 Å². The summed E-state index contributed by atoms with van der Waals surface area (Å²) in [7, 11) is -0.941. The van der Waals surface area contributed by atoms with Crippen LogP contribution < -0.4 is 4.72 Å². The van der Waals surface area contributed by atoms with Crippen molar-refractivity contribution < 1.29 is 18.3 Å². The summed E-state index contributed by atoms with van der Waals surface area (Å²) in [5.74, 6) is 0. The van der Waals surface area contributed by atoms with Crippen LogP contribution in [0.2, 0.25) is 0 Å². The first kappa shape index (κ1) is 14.5. The Bertz CT molecular complexity index is 455. The van der Waals surface area contributed by atoms with Crippen molar-refractivity contribution in [2.45, 2.75) is 11.1 Å². The van der Waals surface area contributed by atoms with Crippen molar-refractivity contribution in [2.24, 2.45) is 7.05 Å². The lowest BCUT2D eigenvalue weighted by Gasteiger charge is -2.15. The van der Waals surface area contributed by atoms with E-state index in [9.17, 15) is 8.42 Å². The predicted octanol–water partition coefficient (Wildman–Crippen LogP) is -1.14. The summed E-state index contributed by atoms with van der Waals surface area (Å²) in [6.07, 6.45) is 0. The highest BCUT2D eigenvalue weighted by Crippen LogP contribution is 2.17. The maximum atomic E-state index is 12.0. The highest BCUT2D eigenvalue weighted by atomic mass is 79.9. The van der Waals surface area contributed by atoms with E-state index in [0.29, 0.717) is 0 Å². The fraction of sp³-hybridized carbons (Fsp3) is 0.714. The molecule has 0 aliphatic rings. The maximum absolute atomic E-state index is 12.0. The Labute approximate surface area is 107 Å². The number of halogens is 1. The molecule has 0 saturated carbocycles. The van der Waals surface area contributed by atoms with E-state index in [1.165, 1.54) is 14.2 Å². The molecule has 17 heavy (non-hydrogen) atoms. The Hall–Kier alpha value is -0.550. The number of aliphatic hydroxyl groups is 1. The third-order valence-corrected chi connectivity index (χ3v) is 4.31. The van der Waals surface area contributed by atoms with Crippen LogP contribution in [0.4, 0.5) is 0 Å². The number of sulfonamides is 1. The minimum Gasteiger partial charge on any atom is -0.395 e. The quantitative estimate of drug-likeness (QED) is 0.684. The van der Waals surface area contributed by atoms with Crippen LogP contribution in [0.1, 0.15) is 0 Å². The zero-order chi connectivity index (χ0) is 13.1. The normalized spacial score (nSPS) is 13.9. The Balaban J connectivity index is 2.96. The summed E-state index contributed by atoms with van der Waals surface area (Å²) in [4.78, 5) is 0. The number of aromatic nitrogens is 3. The fourth-order valence-corrected chi connectivity index (χ4v) is 3.52. The molecule has 0 saturated heterocycles. The maximum Gasteiger partial charge on any atom is 0.260 e. The topological polar surface area (TPSA) is 106 Å². The fourth-order valence-electron chi connectivity index (χ4n) is 1.21. The first-order chi connectivity index (χ1) is 7.92. The van der Waals surface area contributed by atoms with Crippen LogP contribution in [-0.2, 0) is 21.8 Å². The minimum absolute atomic E-state index is 0.0681. The number of methoxy groups -OCH3 is 1. The molecule has 1 aromatic heterocycles. The van der Waals surface area contributed by atoms with E-state index in [0.717, 1.165) is 4.68 Å². The predicted molar refractivity (Wildman–Crippen MR) is 61.8 cm³/mol. The van der Waals surface area contributed by atoms with Crippen molar-refractivity contribution in [2.75, 3.05) is 20.3 Å². The van der Waals surface area contributed by atoms with Gasteiger partial charge < -0.3 is 9.84 Å². The number of hydrogen-bond acceptors (Lipinski definition) is 6. The summed E-state index contributed by atoms with van der Waals surface area (Å²) >= 11 is 3.00. The summed E-state index contributed by atoms with van der Waals surface area (Å²) in [6.45, 7) is -0.297. The van der Waals surface area contributed by atoms with Crippen LogP contribution in [0.5, 0.6) is 0 Å². The molecule has 0 spiro atoms. The molecule has 0 aliphatic carbocycles. The summed E-state index contributed by atoms with van der Waals surface area (Å²) < 4.78 is 32.2. The number of ether oxygens (including phenoxy) is 1. The molecular weight excluding hydrogens is 316 g/mol. The zero-order valence-corrected chi connectivity index (χ0v) is 11.7. The molecule has 1 atom stereocenters. The molecule has 98 valence electrons. The Morgan fingerprint density at radius 1 is 1.65 bits per heavy atom. The molecular formula is C7H13BrN4O4S. The van der Waals surface area contributed by atoms with E-state index < -0.39 is 16.1 Å². The van der Waals surface area contributed by atoms with E-state index in [4.69, 9.17) is 9.84 Å². The smallest absolute Gasteiger partial charge is 0.260 e. The van der Waals surface area contributed by atoms with E-state index in [-0.39, 0.29) is 22.8 Å². The Morgan fingerprint density at radius 3 is 2.71 bits per heavy atom. The SMILES string of the molecule is COCC(CO)NS(=O)(=O)c1c(Br)nnn1C. The van der Waals surface area contributed by atoms with Crippen LogP contribution in [0.3, 0.4) is 0 Å². The van der Waals surface area contributed by atoms with Crippen molar-refractivity contribution in [1.29, 1.82) is 0 Å². The molecule has 1 aromatic rings. The first-order valence-electron chi connectivity index (χ1n) is 4.59. The second-order valence-electron chi connectivity index (χ2n) is 3.27. The largest absolute Gasteiger partial charge is 0.395 e. The molecule has 0 fully saturated rings.